The molecule has 0 saturated heterocycles. The summed E-state index contributed by atoms with van der Waals surface area (Å²) in [6.07, 6.45) is 0.860. The molecule has 1 aromatic carbocycles. The van der Waals surface area contributed by atoms with Gasteiger partial charge in [0.2, 0.25) is 0 Å². The molecule has 1 aromatic rings. The highest BCUT2D eigenvalue weighted by atomic mass is 16.3. The van der Waals surface area contributed by atoms with E-state index in [9.17, 15) is 4.91 Å². The molecule has 3 heteroatoms. The van der Waals surface area contributed by atoms with Gasteiger partial charge in [-0.2, -0.15) is 0 Å². The third kappa shape index (κ3) is 4.38. The van der Waals surface area contributed by atoms with Gasteiger partial charge in [-0.15, -0.1) is 0 Å². The first kappa shape index (κ1) is 11.8. The van der Waals surface area contributed by atoms with E-state index in [1.807, 2.05) is 31.2 Å². The Morgan fingerprint density at radius 1 is 1.23 bits per heavy atom. The van der Waals surface area contributed by atoms with Crippen LogP contribution in [0.1, 0.15) is 19.4 Å². The van der Waals surface area contributed by atoms with E-state index in [1.165, 1.54) is 0 Å². The minimum absolute atomic E-state index is 0.589. The van der Waals surface area contributed by atoms with Crippen molar-refractivity contribution in [2.45, 2.75) is 20.3 Å². The van der Waals surface area contributed by atoms with Crippen LogP contribution in [0.15, 0.2) is 24.3 Å². The molecule has 0 saturated carbocycles. The molecule has 1 rings (SSSR count). The number of nitroso groups, excluding NO2 is 1. The molecule has 0 aliphatic heterocycles. The van der Waals surface area contributed by atoms with Gasteiger partial charge in [0, 0.05) is 22.2 Å². The number of hydrogen-bond donors (Lipinski definition) is 2. The van der Waals surface area contributed by atoms with Gasteiger partial charge in [0.15, 0.2) is 0 Å². The van der Waals surface area contributed by atoms with Gasteiger partial charge in [-0.3, -0.25) is 0 Å². The Labute approximate surface area is 78.9 Å². The molecule has 0 aromatic heterocycles. The van der Waals surface area contributed by atoms with Crippen LogP contribution in [0.5, 0.6) is 0 Å². The summed E-state index contributed by atoms with van der Waals surface area (Å²) in [6.45, 7) is 4.64. The van der Waals surface area contributed by atoms with Crippen molar-refractivity contribution < 1.29 is 5.18 Å². The number of benzene rings is 1. The number of hydrogen-bond acceptors (Lipinski definition) is 2. The molecule has 0 amide bonds. The van der Waals surface area contributed by atoms with E-state index in [1.54, 1.807) is 12.1 Å². The van der Waals surface area contributed by atoms with E-state index < -0.39 is 0 Å². The lowest BCUT2D eigenvalue weighted by atomic mass is 10.1. The quantitative estimate of drug-likeness (QED) is 0.721. The Morgan fingerprint density at radius 3 is 2.15 bits per heavy atom. The van der Waals surface area contributed by atoms with E-state index in [-0.39, 0.29) is 0 Å². The monoisotopic (exact) mass is 181 g/mol. The van der Waals surface area contributed by atoms with Crippen molar-refractivity contribution in [1.29, 1.82) is 0 Å². The molecule has 0 spiro atoms. The molecule has 3 N–H and O–H groups in total. The lowest BCUT2D eigenvalue weighted by Crippen LogP contribution is -2.55. The van der Waals surface area contributed by atoms with Gasteiger partial charge in [0.1, 0.15) is 0 Å². The van der Waals surface area contributed by atoms with Crippen LogP contribution >= 0.6 is 0 Å². The molecule has 0 atom stereocenters. The van der Waals surface area contributed by atoms with Crippen LogP contribution in [0.3, 0.4) is 0 Å². The molecule has 0 heterocycles. The first-order valence-electron chi connectivity index (χ1n) is 4.54. The van der Waals surface area contributed by atoms with Crippen molar-refractivity contribution in [2.24, 2.45) is 5.73 Å². The van der Waals surface area contributed by atoms with Gasteiger partial charge in [0.05, 0.1) is 0 Å². The maximum absolute atomic E-state index is 10.1. The van der Waals surface area contributed by atoms with Crippen molar-refractivity contribution in [3.8, 4) is 0 Å². The second kappa shape index (κ2) is 7.43. The second-order valence-electron chi connectivity index (χ2n) is 2.34. The molecule has 0 radical (unpaired) electrons. The smallest absolute Gasteiger partial charge is 0.253 e. The molecule has 72 valence electrons. The molecule has 0 unspecified atom stereocenters. The van der Waals surface area contributed by atoms with Crippen LogP contribution in [0.2, 0.25) is 0 Å². The van der Waals surface area contributed by atoms with Crippen LogP contribution in [-0.4, -0.2) is 6.54 Å². The van der Waals surface area contributed by atoms with Crippen LogP contribution in [-0.2, 0) is 6.42 Å². The fourth-order valence-electron chi connectivity index (χ4n) is 0.906. The Bertz CT molecular complexity index is 231. The van der Waals surface area contributed by atoms with Gasteiger partial charge in [-0.25, -0.2) is 0 Å². The molecule has 0 aliphatic rings. The lowest BCUT2D eigenvalue weighted by molar-refractivity contribution is -0.379. The average molecular weight is 181 g/mol. The number of nitrogens with two attached hydrogens (primary N) is 1. The van der Waals surface area contributed by atoms with E-state index in [0.717, 1.165) is 12.0 Å². The summed E-state index contributed by atoms with van der Waals surface area (Å²) >= 11 is 0. The van der Waals surface area contributed by atoms with Gasteiger partial charge in [-0.05, 0) is 18.5 Å². The van der Waals surface area contributed by atoms with Crippen molar-refractivity contribution in [3.63, 3.8) is 0 Å². The van der Waals surface area contributed by atoms with Crippen LogP contribution < -0.4 is 10.9 Å². The van der Waals surface area contributed by atoms with Gasteiger partial charge >= 0.3 is 0 Å². The van der Waals surface area contributed by atoms with Gasteiger partial charge < -0.3 is 5.73 Å². The largest absolute Gasteiger partial charge is 0.330 e. The number of rotatable bonds is 3. The zero-order valence-corrected chi connectivity index (χ0v) is 8.21. The highest BCUT2D eigenvalue weighted by Gasteiger charge is 1.96. The fraction of sp³-hybridized carbons (Fsp3) is 0.400. The molecule has 0 aliphatic carbocycles. The Hall–Kier alpha value is -1.22. The number of nitrogens with one attached hydrogen (secondary N) is 1. The first-order chi connectivity index (χ1) is 6.36. The van der Waals surface area contributed by atoms with Crippen molar-refractivity contribution >= 4 is 5.69 Å². The van der Waals surface area contributed by atoms with E-state index in [4.69, 9.17) is 5.73 Å². The summed E-state index contributed by atoms with van der Waals surface area (Å²) in [5, 5.41) is 1.82. The van der Waals surface area contributed by atoms with Crippen molar-refractivity contribution in [1.82, 2.24) is 0 Å². The average Bonchev–Trinajstić information content (AvgIpc) is 2.23. The summed E-state index contributed by atoms with van der Waals surface area (Å²) in [6, 6.07) is 7.29. The van der Waals surface area contributed by atoms with E-state index in [0.29, 0.717) is 12.2 Å². The minimum atomic E-state index is 0.589. The predicted octanol–water partition coefficient (Wildman–Crippen LogP) is 0.692. The van der Waals surface area contributed by atoms with Gasteiger partial charge in [0.25, 0.3) is 5.69 Å². The summed E-state index contributed by atoms with van der Waals surface area (Å²) in [5.74, 6) is 0. The third-order valence-corrected chi connectivity index (χ3v) is 1.50. The van der Waals surface area contributed by atoms with Crippen LogP contribution in [0.25, 0.3) is 0 Å². The molecular weight excluding hydrogens is 164 g/mol. The molecule has 3 nitrogen and oxygen atoms in total. The standard InChI is InChI=1S/C8H10N2O.C2H6/c9-6-5-7-1-3-8(10-11)4-2-7;1-2/h1-4H,5-6,9H2;1-2H3/p+1. The highest BCUT2D eigenvalue weighted by molar-refractivity contribution is 5.31. The SMILES string of the molecule is CC.NCCc1ccc([NH+]=O)cc1. The summed E-state index contributed by atoms with van der Waals surface area (Å²) < 4.78 is 0. The van der Waals surface area contributed by atoms with E-state index >= 15 is 0 Å². The Morgan fingerprint density at radius 2 is 1.77 bits per heavy atom. The predicted molar refractivity (Wildman–Crippen MR) is 54.5 cm³/mol. The maximum Gasteiger partial charge on any atom is 0.253 e. The molecular formula is C10H17N2O+. The summed E-state index contributed by atoms with van der Waals surface area (Å²) in [7, 11) is 0. The van der Waals surface area contributed by atoms with Gasteiger partial charge in [-0.1, -0.05) is 26.0 Å². The van der Waals surface area contributed by atoms with Crippen molar-refractivity contribution in [3.05, 3.63) is 34.7 Å². The van der Waals surface area contributed by atoms with E-state index in [2.05, 4.69) is 0 Å². The zero-order chi connectivity index (χ0) is 10.1. The topological polar surface area (TPSA) is 57.1 Å². The minimum Gasteiger partial charge on any atom is -0.330 e. The first-order valence-corrected chi connectivity index (χ1v) is 4.54. The Kier molecular flexibility index (Phi) is 6.73. The fourth-order valence-corrected chi connectivity index (χ4v) is 0.906. The van der Waals surface area contributed by atoms with Crippen LogP contribution in [0, 0.1) is 4.91 Å². The zero-order valence-electron chi connectivity index (χ0n) is 8.21. The van der Waals surface area contributed by atoms with Crippen molar-refractivity contribution in [2.75, 3.05) is 6.54 Å². The molecule has 13 heavy (non-hydrogen) atoms. The normalized spacial score (nSPS) is 8.54. The molecule has 0 bridgehead atoms. The summed E-state index contributed by atoms with van der Waals surface area (Å²) in [5.41, 5.74) is 7.10. The molecule has 0 fully saturated rings. The highest BCUT2D eigenvalue weighted by Crippen LogP contribution is 2.03. The van der Waals surface area contributed by atoms with Crippen LogP contribution in [0.4, 0.5) is 5.69 Å². The third-order valence-electron chi connectivity index (χ3n) is 1.50. The second-order valence-corrected chi connectivity index (χ2v) is 2.34. The maximum atomic E-state index is 10.1. The lowest BCUT2D eigenvalue weighted by Gasteiger charge is -1.94. The Balaban J connectivity index is 0.000000671. The summed E-state index contributed by atoms with van der Waals surface area (Å²) in [4.78, 5) is 10.1.